The van der Waals surface area contributed by atoms with Gasteiger partial charge in [-0.15, -0.1) is 10.2 Å². The van der Waals surface area contributed by atoms with Crippen molar-refractivity contribution in [1.82, 2.24) is 29.8 Å². The van der Waals surface area contributed by atoms with Gasteiger partial charge in [0.2, 0.25) is 5.88 Å². The number of likely N-dealkylation sites (N-methyl/N-ethyl adjacent to an activating group) is 1. The number of piperazine rings is 1. The smallest absolute Gasteiger partial charge is 0.274 e. The molecule has 1 aliphatic rings. The average Bonchev–Trinajstić information content (AvgIpc) is 3.24. The first-order chi connectivity index (χ1) is 15.0. The maximum Gasteiger partial charge on any atom is 0.274 e. The summed E-state index contributed by atoms with van der Waals surface area (Å²) in [6.45, 7) is 3.10. The van der Waals surface area contributed by atoms with Crippen LogP contribution < -0.4 is 9.64 Å². The van der Waals surface area contributed by atoms with Crippen molar-refractivity contribution in [2.75, 3.05) is 59.3 Å². The van der Waals surface area contributed by atoms with Crippen molar-refractivity contribution < 1.29 is 9.53 Å². The van der Waals surface area contributed by atoms with Crippen LogP contribution in [0.4, 0.5) is 5.69 Å². The number of amides is 1. The molecule has 1 aromatic carbocycles. The third-order valence-electron chi connectivity index (χ3n) is 5.45. The molecule has 0 aliphatic carbocycles. The number of hydrogen-bond acceptors (Lipinski definition) is 7. The van der Waals surface area contributed by atoms with Crippen LogP contribution in [0, 0.1) is 0 Å². The minimum atomic E-state index is -0.0699. The summed E-state index contributed by atoms with van der Waals surface area (Å²) in [4.78, 5) is 19.3. The summed E-state index contributed by atoms with van der Waals surface area (Å²) in [5, 5.41) is 12.9. The van der Waals surface area contributed by atoms with Crippen molar-refractivity contribution in [3.63, 3.8) is 0 Å². The third-order valence-corrected chi connectivity index (χ3v) is 5.45. The van der Waals surface area contributed by atoms with E-state index in [-0.39, 0.29) is 5.91 Å². The number of carbonyl (C=O) groups excluding carboxylic acids is 1. The zero-order chi connectivity index (χ0) is 22.0. The summed E-state index contributed by atoms with van der Waals surface area (Å²) >= 11 is 0. The zero-order valence-corrected chi connectivity index (χ0v) is 18.3. The van der Waals surface area contributed by atoms with Gasteiger partial charge in [-0.05, 0) is 31.3 Å². The molecule has 1 aliphatic heterocycles. The fourth-order valence-electron chi connectivity index (χ4n) is 3.50. The average molecular weight is 422 g/mol. The lowest BCUT2D eigenvalue weighted by Crippen LogP contribution is -2.47. The number of anilines is 1. The molecule has 4 rings (SSSR count). The highest BCUT2D eigenvalue weighted by Gasteiger charge is 2.24. The number of ether oxygens (including phenoxy) is 1. The van der Waals surface area contributed by atoms with Gasteiger partial charge in [0.25, 0.3) is 5.91 Å². The molecule has 3 heterocycles. The molecular formula is C22H27N7O2. The normalized spacial score (nSPS) is 14.5. The number of carbonyl (C=O) groups is 1. The highest BCUT2D eigenvalue weighted by atomic mass is 16.5. The predicted molar refractivity (Wildman–Crippen MR) is 119 cm³/mol. The van der Waals surface area contributed by atoms with E-state index in [1.807, 2.05) is 54.2 Å². The lowest BCUT2D eigenvalue weighted by atomic mass is 10.1. The van der Waals surface area contributed by atoms with Crippen molar-refractivity contribution in [2.45, 2.75) is 0 Å². The molecular weight excluding hydrogens is 394 g/mol. The minimum Gasteiger partial charge on any atom is -0.480 e. The molecule has 0 atom stereocenters. The van der Waals surface area contributed by atoms with E-state index in [4.69, 9.17) is 4.74 Å². The number of benzene rings is 1. The van der Waals surface area contributed by atoms with Crippen LogP contribution in [-0.4, -0.2) is 90.1 Å². The minimum absolute atomic E-state index is 0.0699. The number of methoxy groups -OCH3 is 1. The Kier molecular flexibility index (Phi) is 5.85. The van der Waals surface area contributed by atoms with Gasteiger partial charge in [0.1, 0.15) is 0 Å². The SMILES string of the molecule is COc1ccc(-n2nc(C(=O)N3CCN(C)CC3)cc2-c2ccc(N(C)C)cc2)nn1. The van der Waals surface area contributed by atoms with Crippen molar-refractivity contribution in [1.29, 1.82) is 0 Å². The second kappa shape index (κ2) is 8.73. The van der Waals surface area contributed by atoms with E-state index in [0.29, 0.717) is 30.5 Å². The monoisotopic (exact) mass is 421 g/mol. The lowest BCUT2D eigenvalue weighted by Gasteiger charge is -2.31. The molecule has 1 amide bonds. The van der Waals surface area contributed by atoms with Crippen molar-refractivity contribution in [2.24, 2.45) is 0 Å². The van der Waals surface area contributed by atoms with E-state index < -0.39 is 0 Å². The Morgan fingerprint density at radius 3 is 2.29 bits per heavy atom. The Morgan fingerprint density at radius 1 is 1.00 bits per heavy atom. The van der Waals surface area contributed by atoms with Crippen molar-refractivity contribution >= 4 is 11.6 Å². The van der Waals surface area contributed by atoms with Gasteiger partial charge >= 0.3 is 0 Å². The molecule has 1 fully saturated rings. The molecule has 0 radical (unpaired) electrons. The Hall–Kier alpha value is -3.46. The molecule has 1 saturated heterocycles. The van der Waals surface area contributed by atoms with Gasteiger partial charge in [0.15, 0.2) is 11.5 Å². The van der Waals surface area contributed by atoms with Crippen LogP contribution in [0.1, 0.15) is 10.5 Å². The van der Waals surface area contributed by atoms with Gasteiger partial charge in [-0.25, -0.2) is 4.68 Å². The third kappa shape index (κ3) is 4.36. The summed E-state index contributed by atoms with van der Waals surface area (Å²) in [5.74, 6) is 0.867. The number of hydrogen-bond donors (Lipinski definition) is 0. The van der Waals surface area contributed by atoms with Crippen molar-refractivity contribution in [3.8, 4) is 23.0 Å². The van der Waals surface area contributed by atoms with Gasteiger partial charge in [0, 0.05) is 57.6 Å². The highest BCUT2D eigenvalue weighted by molar-refractivity contribution is 5.93. The molecule has 3 aromatic rings. The first-order valence-corrected chi connectivity index (χ1v) is 10.2. The second-order valence-electron chi connectivity index (χ2n) is 7.80. The van der Waals surface area contributed by atoms with Gasteiger partial charge < -0.3 is 19.4 Å². The largest absolute Gasteiger partial charge is 0.480 e. The summed E-state index contributed by atoms with van der Waals surface area (Å²) in [5.41, 5.74) is 3.21. The van der Waals surface area contributed by atoms with Crippen LogP contribution in [0.2, 0.25) is 0 Å². The highest BCUT2D eigenvalue weighted by Crippen LogP contribution is 2.26. The number of aromatic nitrogens is 4. The van der Waals surface area contributed by atoms with Crippen molar-refractivity contribution in [3.05, 3.63) is 48.2 Å². The fourth-order valence-corrected chi connectivity index (χ4v) is 3.50. The molecule has 9 nitrogen and oxygen atoms in total. The molecule has 0 N–H and O–H groups in total. The summed E-state index contributed by atoms with van der Waals surface area (Å²) in [6, 6.07) is 13.4. The van der Waals surface area contributed by atoms with Gasteiger partial charge in [0.05, 0.1) is 12.8 Å². The maximum atomic E-state index is 13.1. The Bertz CT molecular complexity index is 1040. The van der Waals surface area contributed by atoms with Gasteiger partial charge in [-0.3, -0.25) is 4.79 Å². The molecule has 0 spiro atoms. The van der Waals surface area contributed by atoms with Crippen LogP contribution in [0.25, 0.3) is 17.1 Å². The first kappa shape index (κ1) is 20.8. The summed E-state index contributed by atoms with van der Waals surface area (Å²) in [6.07, 6.45) is 0. The van der Waals surface area contributed by atoms with Crippen LogP contribution in [0.5, 0.6) is 5.88 Å². The molecule has 0 saturated carbocycles. The number of rotatable bonds is 5. The standard InChI is InChI=1S/C22H27N7O2/c1-26(2)17-7-5-16(6-8-17)19-15-18(22(30)28-13-11-27(3)12-14-28)25-29(19)20-9-10-21(31-4)24-23-20/h5-10,15H,11-14H2,1-4H3. The second-order valence-corrected chi connectivity index (χ2v) is 7.80. The molecule has 31 heavy (non-hydrogen) atoms. The van der Waals surface area contributed by atoms with E-state index in [0.717, 1.165) is 30.0 Å². The Balaban J connectivity index is 1.73. The van der Waals surface area contributed by atoms with E-state index in [2.05, 4.69) is 27.2 Å². The quantitative estimate of drug-likeness (QED) is 0.621. The molecule has 9 heteroatoms. The van der Waals surface area contributed by atoms with Crippen LogP contribution in [-0.2, 0) is 0 Å². The summed E-state index contributed by atoms with van der Waals surface area (Å²) < 4.78 is 6.78. The Labute approximate surface area is 181 Å². The zero-order valence-electron chi connectivity index (χ0n) is 18.3. The molecule has 2 aromatic heterocycles. The molecule has 162 valence electrons. The van der Waals surface area contributed by atoms with Crippen LogP contribution >= 0.6 is 0 Å². The summed E-state index contributed by atoms with van der Waals surface area (Å²) in [7, 11) is 7.61. The van der Waals surface area contributed by atoms with Crippen LogP contribution in [0.15, 0.2) is 42.5 Å². The lowest BCUT2D eigenvalue weighted by molar-refractivity contribution is 0.0657. The van der Waals surface area contributed by atoms with E-state index in [1.165, 1.54) is 0 Å². The predicted octanol–water partition coefficient (Wildman–Crippen LogP) is 1.79. The topological polar surface area (TPSA) is 79.6 Å². The van der Waals surface area contributed by atoms with Gasteiger partial charge in [-0.1, -0.05) is 12.1 Å². The molecule has 0 bridgehead atoms. The molecule has 0 unspecified atom stereocenters. The number of nitrogens with zero attached hydrogens (tertiary/aromatic N) is 7. The fraction of sp³-hybridized carbons (Fsp3) is 0.364. The van der Waals surface area contributed by atoms with Gasteiger partial charge in [-0.2, -0.15) is 5.10 Å². The Morgan fingerprint density at radius 2 is 1.71 bits per heavy atom. The maximum absolute atomic E-state index is 13.1. The first-order valence-electron chi connectivity index (χ1n) is 10.2. The van der Waals surface area contributed by atoms with E-state index in [9.17, 15) is 4.79 Å². The van der Waals surface area contributed by atoms with E-state index in [1.54, 1.807) is 23.9 Å². The van der Waals surface area contributed by atoms with E-state index >= 15 is 0 Å². The van der Waals surface area contributed by atoms with Crippen LogP contribution in [0.3, 0.4) is 0 Å².